The number of nitrogens with one attached hydrogen (secondary N) is 1. The highest BCUT2D eigenvalue weighted by atomic mass is 14.9. The first kappa shape index (κ1) is 11.0. The van der Waals surface area contributed by atoms with Crippen molar-refractivity contribution >= 4 is 5.69 Å². The number of anilines is 1. The zero-order chi connectivity index (χ0) is 10.7. The molecule has 78 valence electrons. The summed E-state index contributed by atoms with van der Waals surface area (Å²) in [5.74, 6) is 0.635. The molecule has 0 amide bonds. The van der Waals surface area contributed by atoms with E-state index in [2.05, 4.69) is 37.1 Å². The second-order valence-corrected chi connectivity index (χ2v) is 4.26. The van der Waals surface area contributed by atoms with Crippen LogP contribution in [0.2, 0.25) is 0 Å². The SMILES string of the molecule is Cc1ccc(NC(C)C(C)C)c(C)n1. The number of aryl methyl sites for hydroxylation is 2. The summed E-state index contributed by atoms with van der Waals surface area (Å²) in [6.07, 6.45) is 0. The topological polar surface area (TPSA) is 24.9 Å². The number of aromatic nitrogens is 1. The van der Waals surface area contributed by atoms with Gasteiger partial charge in [-0.15, -0.1) is 0 Å². The maximum absolute atomic E-state index is 4.42. The fourth-order valence-electron chi connectivity index (χ4n) is 1.25. The molecule has 1 aromatic rings. The second kappa shape index (κ2) is 4.45. The standard InChI is InChI=1S/C12H20N2/c1-8(2)10(4)14-12-7-6-9(3)13-11(12)5/h6-8,10,14H,1-5H3. The fourth-order valence-corrected chi connectivity index (χ4v) is 1.25. The van der Waals surface area contributed by atoms with E-state index in [1.165, 1.54) is 0 Å². The monoisotopic (exact) mass is 192 g/mol. The van der Waals surface area contributed by atoms with Gasteiger partial charge in [0.15, 0.2) is 0 Å². The van der Waals surface area contributed by atoms with Gasteiger partial charge in [-0.05, 0) is 38.8 Å². The maximum Gasteiger partial charge on any atom is 0.0606 e. The summed E-state index contributed by atoms with van der Waals surface area (Å²) in [7, 11) is 0. The summed E-state index contributed by atoms with van der Waals surface area (Å²) in [4.78, 5) is 4.42. The van der Waals surface area contributed by atoms with Gasteiger partial charge >= 0.3 is 0 Å². The van der Waals surface area contributed by atoms with E-state index in [0.717, 1.165) is 17.1 Å². The summed E-state index contributed by atoms with van der Waals surface area (Å²) in [5.41, 5.74) is 3.31. The molecular formula is C12H20N2. The normalized spacial score (nSPS) is 13.0. The van der Waals surface area contributed by atoms with Crippen molar-refractivity contribution in [3.8, 4) is 0 Å². The lowest BCUT2D eigenvalue weighted by Crippen LogP contribution is -2.22. The average Bonchev–Trinajstić information content (AvgIpc) is 2.09. The van der Waals surface area contributed by atoms with Crippen molar-refractivity contribution in [2.45, 2.75) is 40.7 Å². The van der Waals surface area contributed by atoms with Crippen molar-refractivity contribution in [2.75, 3.05) is 5.32 Å². The van der Waals surface area contributed by atoms with E-state index in [0.29, 0.717) is 12.0 Å². The van der Waals surface area contributed by atoms with E-state index in [4.69, 9.17) is 0 Å². The molecule has 1 N–H and O–H groups in total. The van der Waals surface area contributed by atoms with Crippen LogP contribution in [-0.4, -0.2) is 11.0 Å². The van der Waals surface area contributed by atoms with Gasteiger partial charge in [0.2, 0.25) is 0 Å². The third kappa shape index (κ3) is 2.72. The Bertz CT molecular complexity index is 305. The predicted molar refractivity (Wildman–Crippen MR) is 61.6 cm³/mol. The van der Waals surface area contributed by atoms with Crippen molar-refractivity contribution in [1.29, 1.82) is 0 Å². The van der Waals surface area contributed by atoms with Crippen molar-refractivity contribution < 1.29 is 0 Å². The zero-order valence-corrected chi connectivity index (χ0v) is 9.76. The molecule has 1 unspecified atom stereocenters. The van der Waals surface area contributed by atoms with E-state index < -0.39 is 0 Å². The Labute approximate surface area is 86.8 Å². The van der Waals surface area contributed by atoms with Crippen LogP contribution in [0.3, 0.4) is 0 Å². The van der Waals surface area contributed by atoms with Gasteiger partial charge in [0, 0.05) is 11.7 Å². The molecule has 0 aliphatic carbocycles. The van der Waals surface area contributed by atoms with Crippen LogP contribution in [0, 0.1) is 19.8 Å². The van der Waals surface area contributed by atoms with Crippen LogP contribution in [0.4, 0.5) is 5.69 Å². The first-order valence-electron chi connectivity index (χ1n) is 5.21. The molecule has 0 aliphatic heterocycles. The predicted octanol–water partition coefficient (Wildman–Crippen LogP) is 3.15. The molecule has 1 rings (SSSR count). The molecule has 0 spiro atoms. The number of nitrogens with zero attached hydrogens (tertiary/aromatic N) is 1. The third-order valence-electron chi connectivity index (χ3n) is 2.61. The van der Waals surface area contributed by atoms with Gasteiger partial charge in [0.1, 0.15) is 0 Å². The van der Waals surface area contributed by atoms with E-state index >= 15 is 0 Å². The fraction of sp³-hybridized carbons (Fsp3) is 0.583. The molecule has 1 aromatic heterocycles. The Kier molecular flexibility index (Phi) is 3.50. The largest absolute Gasteiger partial charge is 0.381 e. The summed E-state index contributed by atoms with van der Waals surface area (Å²) in [6.45, 7) is 10.7. The second-order valence-electron chi connectivity index (χ2n) is 4.26. The van der Waals surface area contributed by atoms with Gasteiger partial charge < -0.3 is 5.32 Å². The molecule has 14 heavy (non-hydrogen) atoms. The summed E-state index contributed by atoms with van der Waals surface area (Å²) in [6, 6.07) is 4.64. The summed E-state index contributed by atoms with van der Waals surface area (Å²) < 4.78 is 0. The smallest absolute Gasteiger partial charge is 0.0606 e. The van der Waals surface area contributed by atoms with Crippen molar-refractivity contribution in [2.24, 2.45) is 5.92 Å². The van der Waals surface area contributed by atoms with Gasteiger partial charge in [-0.3, -0.25) is 4.98 Å². The van der Waals surface area contributed by atoms with Gasteiger partial charge in [-0.25, -0.2) is 0 Å². The molecule has 0 bridgehead atoms. The van der Waals surface area contributed by atoms with Crippen LogP contribution >= 0.6 is 0 Å². The molecule has 0 saturated heterocycles. The summed E-state index contributed by atoms with van der Waals surface area (Å²) in [5, 5.41) is 3.47. The molecule has 0 radical (unpaired) electrons. The number of pyridine rings is 1. The highest BCUT2D eigenvalue weighted by Gasteiger charge is 2.08. The minimum absolute atomic E-state index is 0.484. The third-order valence-corrected chi connectivity index (χ3v) is 2.61. The molecule has 2 heteroatoms. The van der Waals surface area contributed by atoms with Gasteiger partial charge in [0.05, 0.1) is 11.4 Å². The van der Waals surface area contributed by atoms with E-state index in [1.54, 1.807) is 0 Å². The number of hydrogen-bond donors (Lipinski definition) is 1. The minimum Gasteiger partial charge on any atom is -0.381 e. The van der Waals surface area contributed by atoms with Gasteiger partial charge in [0.25, 0.3) is 0 Å². The van der Waals surface area contributed by atoms with Crippen LogP contribution in [0.5, 0.6) is 0 Å². The van der Waals surface area contributed by atoms with Crippen LogP contribution < -0.4 is 5.32 Å². The quantitative estimate of drug-likeness (QED) is 0.795. The van der Waals surface area contributed by atoms with Crippen LogP contribution in [0.25, 0.3) is 0 Å². The Hall–Kier alpha value is -1.05. The molecule has 0 saturated carbocycles. The van der Waals surface area contributed by atoms with Gasteiger partial charge in [-0.2, -0.15) is 0 Å². The first-order valence-corrected chi connectivity index (χ1v) is 5.21. The highest BCUT2D eigenvalue weighted by molar-refractivity contribution is 5.48. The molecule has 1 heterocycles. The first-order chi connectivity index (χ1) is 6.50. The van der Waals surface area contributed by atoms with E-state index in [1.807, 2.05) is 19.9 Å². The molecular weight excluding hydrogens is 172 g/mol. The lowest BCUT2D eigenvalue weighted by atomic mass is 10.1. The average molecular weight is 192 g/mol. The van der Waals surface area contributed by atoms with Gasteiger partial charge in [-0.1, -0.05) is 13.8 Å². The lowest BCUT2D eigenvalue weighted by Gasteiger charge is -2.19. The molecule has 2 nitrogen and oxygen atoms in total. The van der Waals surface area contributed by atoms with Crippen molar-refractivity contribution in [3.63, 3.8) is 0 Å². The van der Waals surface area contributed by atoms with Crippen LogP contribution in [-0.2, 0) is 0 Å². The Morgan fingerprint density at radius 3 is 2.29 bits per heavy atom. The van der Waals surface area contributed by atoms with Crippen molar-refractivity contribution in [1.82, 2.24) is 4.98 Å². The molecule has 0 fully saturated rings. The van der Waals surface area contributed by atoms with E-state index in [-0.39, 0.29) is 0 Å². The maximum atomic E-state index is 4.42. The molecule has 0 aromatic carbocycles. The Morgan fingerprint density at radius 2 is 1.79 bits per heavy atom. The molecule has 1 atom stereocenters. The van der Waals surface area contributed by atoms with Crippen LogP contribution in [0.15, 0.2) is 12.1 Å². The molecule has 0 aliphatic rings. The van der Waals surface area contributed by atoms with Crippen LogP contribution in [0.1, 0.15) is 32.2 Å². The summed E-state index contributed by atoms with van der Waals surface area (Å²) >= 11 is 0. The lowest BCUT2D eigenvalue weighted by molar-refractivity contribution is 0.559. The van der Waals surface area contributed by atoms with Crippen molar-refractivity contribution in [3.05, 3.63) is 23.5 Å². The Morgan fingerprint density at radius 1 is 1.14 bits per heavy atom. The Balaban J connectivity index is 2.77. The van der Waals surface area contributed by atoms with E-state index in [9.17, 15) is 0 Å². The number of hydrogen-bond acceptors (Lipinski definition) is 2. The number of rotatable bonds is 3. The zero-order valence-electron chi connectivity index (χ0n) is 9.76. The minimum atomic E-state index is 0.484. The highest BCUT2D eigenvalue weighted by Crippen LogP contribution is 2.16.